The molecule has 1 amide bonds. The van der Waals surface area contributed by atoms with Gasteiger partial charge in [0.05, 0.1) is 18.1 Å². The molecule has 34 heavy (non-hydrogen) atoms. The molecule has 0 saturated carbocycles. The molecular formula is C29H22N4O. The second kappa shape index (κ2) is 9.79. The van der Waals surface area contributed by atoms with Crippen LogP contribution in [0.15, 0.2) is 119 Å². The Balaban J connectivity index is 1.21. The van der Waals surface area contributed by atoms with Crippen LogP contribution in [0.3, 0.4) is 0 Å². The van der Waals surface area contributed by atoms with Crippen LogP contribution >= 0.6 is 0 Å². The summed E-state index contributed by atoms with van der Waals surface area (Å²) in [5.41, 5.74) is 8.88. The smallest absolute Gasteiger partial charge is 0.271 e. The fourth-order valence-corrected chi connectivity index (χ4v) is 3.82. The molecule has 0 saturated heterocycles. The van der Waals surface area contributed by atoms with Gasteiger partial charge in [0, 0.05) is 16.7 Å². The van der Waals surface area contributed by atoms with Crippen LogP contribution in [0.2, 0.25) is 0 Å². The molecule has 0 aliphatic rings. The normalized spacial score (nSPS) is 11.4. The van der Waals surface area contributed by atoms with Crippen molar-refractivity contribution in [1.29, 1.82) is 0 Å². The standard InChI is InChI=1S/C29H22N4O/c34-29(33-31-20-25-12-6-10-22-8-2-4-14-28(22)25)23-15-17-26(18-16-23)32-30-19-24-11-5-9-21-7-1-3-13-27(21)24/h1-20,32H,(H,33,34)/b30-19-,31-20-. The summed E-state index contributed by atoms with van der Waals surface area (Å²) in [6, 6.07) is 35.5. The Morgan fingerprint density at radius 2 is 1.12 bits per heavy atom. The Kier molecular flexibility index (Phi) is 6.08. The molecule has 5 nitrogen and oxygen atoms in total. The number of hydrazone groups is 2. The van der Waals surface area contributed by atoms with E-state index in [0.717, 1.165) is 33.0 Å². The molecule has 164 valence electrons. The highest BCUT2D eigenvalue weighted by molar-refractivity contribution is 6.01. The first-order chi connectivity index (χ1) is 16.8. The molecule has 0 radical (unpaired) electrons. The number of carbonyl (C=O) groups is 1. The third-order valence-corrected chi connectivity index (χ3v) is 5.56. The number of hydrogen-bond acceptors (Lipinski definition) is 4. The van der Waals surface area contributed by atoms with Crippen LogP contribution in [0, 0.1) is 0 Å². The predicted molar refractivity (Wildman–Crippen MR) is 141 cm³/mol. The van der Waals surface area contributed by atoms with Crippen molar-refractivity contribution in [3.05, 3.63) is 126 Å². The summed E-state index contributed by atoms with van der Waals surface area (Å²) >= 11 is 0. The van der Waals surface area contributed by atoms with E-state index in [1.807, 2.05) is 78.9 Å². The van der Waals surface area contributed by atoms with Crippen molar-refractivity contribution in [3.8, 4) is 0 Å². The van der Waals surface area contributed by atoms with Crippen LogP contribution in [-0.2, 0) is 0 Å². The van der Waals surface area contributed by atoms with E-state index in [2.05, 4.69) is 39.3 Å². The molecule has 5 heteroatoms. The summed E-state index contributed by atoms with van der Waals surface area (Å²) in [4.78, 5) is 12.5. The van der Waals surface area contributed by atoms with Gasteiger partial charge in [-0.1, -0.05) is 84.9 Å². The number of amides is 1. The number of anilines is 1. The summed E-state index contributed by atoms with van der Waals surface area (Å²) in [6.07, 6.45) is 3.46. The highest BCUT2D eigenvalue weighted by Crippen LogP contribution is 2.18. The predicted octanol–water partition coefficient (Wildman–Crippen LogP) is 6.20. The van der Waals surface area contributed by atoms with Gasteiger partial charge >= 0.3 is 0 Å². The SMILES string of the molecule is O=C(N/N=C\c1cccc2ccccc12)c1ccc(N/N=C\c2cccc3ccccc23)cc1. The third-order valence-electron chi connectivity index (χ3n) is 5.56. The summed E-state index contributed by atoms with van der Waals surface area (Å²) < 4.78 is 0. The number of hydrogen-bond donors (Lipinski definition) is 2. The van der Waals surface area contributed by atoms with Crippen LogP contribution in [0.25, 0.3) is 21.5 Å². The Morgan fingerprint density at radius 1 is 0.588 bits per heavy atom. The minimum atomic E-state index is -0.276. The monoisotopic (exact) mass is 442 g/mol. The lowest BCUT2D eigenvalue weighted by molar-refractivity contribution is 0.0955. The van der Waals surface area contributed by atoms with Crippen molar-refractivity contribution in [2.24, 2.45) is 10.2 Å². The number of benzene rings is 5. The van der Waals surface area contributed by atoms with Gasteiger partial charge in [-0.15, -0.1) is 0 Å². The Morgan fingerprint density at radius 3 is 1.74 bits per heavy atom. The van der Waals surface area contributed by atoms with Crippen molar-refractivity contribution in [2.75, 3.05) is 5.43 Å². The molecule has 0 fully saturated rings. The number of carbonyl (C=O) groups excluding carboxylic acids is 1. The molecule has 5 rings (SSSR count). The first-order valence-electron chi connectivity index (χ1n) is 11.0. The summed E-state index contributed by atoms with van der Waals surface area (Å²) in [5.74, 6) is -0.276. The zero-order valence-electron chi connectivity index (χ0n) is 18.3. The molecule has 0 spiro atoms. The van der Waals surface area contributed by atoms with Crippen LogP contribution in [0.1, 0.15) is 21.5 Å². The maximum Gasteiger partial charge on any atom is 0.271 e. The van der Waals surface area contributed by atoms with E-state index in [9.17, 15) is 4.79 Å². The number of nitrogens with zero attached hydrogens (tertiary/aromatic N) is 2. The zero-order valence-corrected chi connectivity index (χ0v) is 18.3. The molecular weight excluding hydrogens is 420 g/mol. The Hall–Kier alpha value is -4.77. The van der Waals surface area contributed by atoms with E-state index in [0.29, 0.717) is 5.56 Å². The van der Waals surface area contributed by atoms with E-state index in [4.69, 9.17) is 0 Å². The van der Waals surface area contributed by atoms with Gasteiger partial charge in [0.1, 0.15) is 0 Å². The summed E-state index contributed by atoms with van der Waals surface area (Å²) in [5, 5.41) is 13.0. The lowest BCUT2D eigenvalue weighted by Crippen LogP contribution is -2.17. The fourth-order valence-electron chi connectivity index (χ4n) is 3.82. The second-order valence-corrected chi connectivity index (χ2v) is 7.78. The molecule has 5 aromatic carbocycles. The molecule has 0 aliphatic heterocycles. The minimum Gasteiger partial charge on any atom is -0.279 e. The van der Waals surface area contributed by atoms with Gasteiger partial charge in [0.25, 0.3) is 5.91 Å². The maximum atomic E-state index is 12.5. The third kappa shape index (κ3) is 4.69. The number of nitrogens with one attached hydrogen (secondary N) is 2. The van der Waals surface area contributed by atoms with E-state index < -0.39 is 0 Å². The lowest BCUT2D eigenvalue weighted by atomic mass is 10.1. The highest BCUT2D eigenvalue weighted by atomic mass is 16.2. The van der Waals surface area contributed by atoms with Gasteiger partial charge < -0.3 is 0 Å². The summed E-state index contributed by atoms with van der Waals surface area (Å²) in [7, 11) is 0. The molecule has 2 N–H and O–H groups in total. The first kappa shape index (κ1) is 21.1. The number of fused-ring (bicyclic) bond motifs is 2. The van der Waals surface area contributed by atoms with Crippen molar-refractivity contribution in [3.63, 3.8) is 0 Å². The van der Waals surface area contributed by atoms with Crippen molar-refractivity contribution >= 4 is 45.6 Å². The van der Waals surface area contributed by atoms with Gasteiger partial charge in [0.2, 0.25) is 0 Å². The molecule has 0 unspecified atom stereocenters. The molecule has 0 bridgehead atoms. The molecule has 0 aromatic heterocycles. The number of rotatable bonds is 6. The zero-order chi connectivity index (χ0) is 23.2. The van der Waals surface area contributed by atoms with Crippen molar-refractivity contribution in [2.45, 2.75) is 0 Å². The van der Waals surface area contributed by atoms with Crippen molar-refractivity contribution in [1.82, 2.24) is 5.43 Å². The highest BCUT2D eigenvalue weighted by Gasteiger charge is 2.04. The molecule has 5 aromatic rings. The summed E-state index contributed by atoms with van der Waals surface area (Å²) in [6.45, 7) is 0. The second-order valence-electron chi connectivity index (χ2n) is 7.78. The Labute approximate surface area is 197 Å². The van der Waals surface area contributed by atoms with Crippen molar-refractivity contribution < 1.29 is 4.79 Å². The molecule has 0 atom stereocenters. The van der Waals surface area contributed by atoms with Crippen LogP contribution in [0.5, 0.6) is 0 Å². The van der Waals surface area contributed by atoms with Crippen LogP contribution in [0.4, 0.5) is 5.69 Å². The topological polar surface area (TPSA) is 65.8 Å². The minimum absolute atomic E-state index is 0.276. The molecule has 0 aliphatic carbocycles. The first-order valence-corrected chi connectivity index (χ1v) is 11.0. The average molecular weight is 443 g/mol. The lowest BCUT2D eigenvalue weighted by Gasteiger charge is -2.04. The Bertz CT molecular complexity index is 1510. The van der Waals surface area contributed by atoms with E-state index >= 15 is 0 Å². The van der Waals surface area contributed by atoms with Gasteiger partial charge in [-0.3, -0.25) is 10.2 Å². The van der Waals surface area contributed by atoms with Crippen LogP contribution in [-0.4, -0.2) is 18.3 Å². The van der Waals surface area contributed by atoms with E-state index in [-0.39, 0.29) is 5.91 Å². The molecule has 0 heterocycles. The quantitative estimate of drug-likeness (QED) is 0.243. The fraction of sp³-hybridized carbons (Fsp3) is 0. The largest absolute Gasteiger partial charge is 0.279 e. The maximum absolute atomic E-state index is 12.5. The van der Waals surface area contributed by atoms with Crippen LogP contribution < -0.4 is 10.9 Å². The van der Waals surface area contributed by atoms with E-state index in [1.54, 1.807) is 24.6 Å². The van der Waals surface area contributed by atoms with E-state index in [1.165, 1.54) is 5.39 Å². The average Bonchev–Trinajstić information content (AvgIpc) is 2.89. The van der Waals surface area contributed by atoms with Gasteiger partial charge in [0.15, 0.2) is 0 Å². The van der Waals surface area contributed by atoms with Gasteiger partial charge in [-0.05, 0) is 45.8 Å². The van der Waals surface area contributed by atoms with Gasteiger partial charge in [-0.2, -0.15) is 10.2 Å². The van der Waals surface area contributed by atoms with Gasteiger partial charge in [-0.25, -0.2) is 5.43 Å².